The molecule has 2 aromatic carbocycles. The molecule has 82 valence electrons. The van der Waals surface area contributed by atoms with Crippen molar-refractivity contribution in [2.45, 2.75) is 20.0 Å². The molecule has 0 amide bonds. The van der Waals surface area contributed by atoms with E-state index in [1.54, 1.807) is 0 Å². The highest BCUT2D eigenvalue weighted by molar-refractivity contribution is 5.27. The Kier molecular flexibility index (Phi) is 3.25. The van der Waals surface area contributed by atoms with Crippen molar-refractivity contribution in [1.29, 1.82) is 0 Å². The molecule has 0 bridgehead atoms. The molecule has 0 aliphatic rings. The lowest BCUT2D eigenvalue weighted by Gasteiger charge is -2.15. The lowest BCUT2D eigenvalue weighted by Crippen LogP contribution is -2.02. The first kappa shape index (κ1) is 10.7. The minimum atomic E-state index is 0.0870. The molecule has 0 N–H and O–H groups in total. The Morgan fingerprint density at radius 1 is 0.875 bits per heavy atom. The molecule has 0 saturated heterocycles. The SMILES string of the molecule is Cc1ccc(O[C@H](C)c2ccccc2)cc1. The van der Waals surface area contributed by atoms with Crippen LogP contribution in [0.4, 0.5) is 0 Å². The van der Waals surface area contributed by atoms with Gasteiger partial charge in [-0.25, -0.2) is 0 Å². The summed E-state index contributed by atoms with van der Waals surface area (Å²) in [5.41, 5.74) is 2.45. The maximum absolute atomic E-state index is 5.86. The fraction of sp³-hybridized carbons (Fsp3) is 0.200. The third-order valence-corrected chi connectivity index (χ3v) is 2.60. The molecular formula is C15H16O. The van der Waals surface area contributed by atoms with Gasteiger partial charge in [0.25, 0.3) is 0 Å². The molecule has 0 spiro atoms. The molecule has 0 heterocycles. The van der Waals surface area contributed by atoms with Crippen molar-refractivity contribution >= 4 is 0 Å². The summed E-state index contributed by atoms with van der Waals surface area (Å²) in [5.74, 6) is 0.918. The highest BCUT2D eigenvalue weighted by Gasteiger charge is 2.05. The number of hydrogen-bond donors (Lipinski definition) is 0. The van der Waals surface area contributed by atoms with Crippen LogP contribution in [0, 0.1) is 6.92 Å². The Labute approximate surface area is 96.7 Å². The van der Waals surface area contributed by atoms with Gasteiger partial charge in [-0.05, 0) is 31.5 Å². The molecule has 0 aliphatic carbocycles. The first-order valence-corrected chi connectivity index (χ1v) is 5.54. The minimum Gasteiger partial charge on any atom is -0.486 e. The van der Waals surface area contributed by atoms with Gasteiger partial charge in [-0.1, -0.05) is 48.0 Å². The van der Waals surface area contributed by atoms with E-state index in [0.717, 1.165) is 5.75 Å². The number of rotatable bonds is 3. The van der Waals surface area contributed by atoms with E-state index in [0.29, 0.717) is 0 Å². The first-order valence-electron chi connectivity index (χ1n) is 5.54. The zero-order chi connectivity index (χ0) is 11.4. The Hall–Kier alpha value is -1.76. The van der Waals surface area contributed by atoms with Crippen LogP contribution < -0.4 is 4.74 Å². The monoisotopic (exact) mass is 212 g/mol. The third kappa shape index (κ3) is 2.63. The van der Waals surface area contributed by atoms with Crippen molar-refractivity contribution in [3.05, 3.63) is 65.7 Å². The van der Waals surface area contributed by atoms with Gasteiger partial charge in [0.05, 0.1) is 0 Å². The highest BCUT2D eigenvalue weighted by Crippen LogP contribution is 2.21. The molecule has 0 unspecified atom stereocenters. The summed E-state index contributed by atoms with van der Waals surface area (Å²) in [4.78, 5) is 0. The maximum atomic E-state index is 5.86. The summed E-state index contributed by atoms with van der Waals surface area (Å²) in [6, 6.07) is 18.4. The molecule has 1 heteroatoms. The molecule has 0 fully saturated rings. The van der Waals surface area contributed by atoms with Crippen LogP contribution in [0.2, 0.25) is 0 Å². The van der Waals surface area contributed by atoms with E-state index in [4.69, 9.17) is 4.74 Å². The lowest BCUT2D eigenvalue weighted by molar-refractivity contribution is 0.227. The molecule has 2 aromatic rings. The smallest absolute Gasteiger partial charge is 0.121 e. The van der Waals surface area contributed by atoms with E-state index in [1.807, 2.05) is 30.3 Å². The number of hydrogen-bond acceptors (Lipinski definition) is 1. The van der Waals surface area contributed by atoms with Crippen LogP contribution in [0.3, 0.4) is 0 Å². The normalized spacial score (nSPS) is 12.1. The van der Waals surface area contributed by atoms with Crippen molar-refractivity contribution in [2.24, 2.45) is 0 Å². The number of aryl methyl sites for hydroxylation is 1. The predicted octanol–water partition coefficient (Wildman–Crippen LogP) is 4.14. The van der Waals surface area contributed by atoms with Gasteiger partial charge < -0.3 is 4.74 Å². The van der Waals surface area contributed by atoms with Crippen LogP contribution in [0.15, 0.2) is 54.6 Å². The van der Waals surface area contributed by atoms with Gasteiger partial charge >= 0.3 is 0 Å². The zero-order valence-electron chi connectivity index (χ0n) is 9.68. The van der Waals surface area contributed by atoms with Gasteiger partial charge in [0.1, 0.15) is 11.9 Å². The van der Waals surface area contributed by atoms with Crippen molar-refractivity contribution in [3.8, 4) is 5.75 Å². The second kappa shape index (κ2) is 4.84. The van der Waals surface area contributed by atoms with Crippen LogP contribution in [-0.4, -0.2) is 0 Å². The molecule has 0 radical (unpaired) electrons. The maximum Gasteiger partial charge on any atom is 0.121 e. The van der Waals surface area contributed by atoms with Gasteiger partial charge in [-0.15, -0.1) is 0 Å². The van der Waals surface area contributed by atoms with Crippen LogP contribution in [-0.2, 0) is 0 Å². The number of benzene rings is 2. The summed E-state index contributed by atoms with van der Waals surface area (Å²) >= 11 is 0. The molecular weight excluding hydrogens is 196 g/mol. The summed E-state index contributed by atoms with van der Waals surface area (Å²) in [7, 11) is 0. The van der Waals surface area contributed by atoms with Crippen molar-refractivity contribution in [3.63, 3.8) is 0 Å². The average molecular weight is 212 g/mol. The topological polar surface area (TPSA) is 9.23 Å². The second-order valence-corrected chi connectivity index (χ2v) is 3.98. The summed E-state index contributed by atoms with van der Waals surface area (Å²) < 4.78 is 5.86. The molecule has 0 aliphatic heterocycles. The molecule has 0 aromatic heterocycles. The molecule has 1 nitrogen and oxygen atoms in total. The Balaban J connectivity index is 2.08. The van der Waals surface area contributed by atoms with Crippen LogP contribution >= 0.6 is 0 Å². The molecule has 0 saturated carbocycles. The van der Waals surface area contributed by atoms with Gasteiger partial charge in [0, 0.05) is 0 Å². The standard InChI is InChI=1S/C15H16O/c1-12-8-10-15(11-9-12)16-13(2)14-6-4-3-5-7-14/h3-11,13H,1-2H3/t13-/m1/s1. The minimum absolute atomic E-state index is 0.0870. The van der Waals surface area contributed by atoms with E-state index in [-0.39, 0.29) is 6.10 Å². The van der Waals surface area contributed by atoms with E-state index >= 15 is 0 Å². The Morgan fingerprint density at radius 3 is 2.12 bits per heavy atom. The molecule has 1 atom stereocenters. The van der Waals surface area contributed by atoms with E-state index in [9.17, 15) is 0 Å². The first-order chi connectivity index (χ1) is 7.75. The van der Waals surface area contributed by atoms with E-state index in [2.05, 4.69) is 38.1 Å². The molecule has 16 heavy (non-hydrogen) atoms. The fourth-order valence-electron chi connectivity index (χ4n) is 1.61. The van der Waals surface area contributed by atoms with Crippen molar-refractivity contribution in [2.75, 3.05) is 0 Å². The van der Waals surface area contributed by atoms with Gasteiger partial charge in [-0.3, -0.25) is 0 Å². The molecule has 2 rings (SSSR count). The fourth-order valence-corrected chi connectivity index (χ4v) is 1.61. The van der Waals surface area contributed by atoms with E-state index < -0.39 is 0 Å². The van der Waals surface area contributed by atoms with Crippen molar-refractivity contribution < 1.29 is 4.74 Å². The third-order valence-electron chi connectivity index (χ3n) is 2.60. The predicted molar refractivity (Wildman–Crippen MR) is 66.7 cm³/mol. The lowest BCUT2D eigenvalue weighted by atomic mass is 10.1. The quantitative estimate of drug-likeness (QED) is 0.743. The number of ether oxygens (including phenoxy) is 1. The van der Waals surface area contributed by atoms with Crippen molar-refractivity contribution in [1.82, 2.24) is 0 Å². The van der Waals surface area contributed by atoms with E-state index in [1.165, 1.54) is 11.1 Å². The summed E-state index contributed by atoms with van der Waals surface area (Å²) in [5, 5.41) is 0. The second-order valence-electron chi connectivity index (χ2n) is 3.98. The summed E-state index contributed by atoms with van der Waals surface area (Å²) in [6.45, 7) is 4.14. The zero-order valence-corrected chi connectivity index (χ0v) is 9.68. The Morgan fingerprint density at radius 2 is 1.50 bits per heavy atom. The van der Waals surface area contributed by atoms with Gasteiger partial charge in [-0.2, -0.15) is 0 Å². The van der Waals surface area contributed by atoms with Crippen LogP contribution in [0.5, 0.6) is 5.75 Å². The highest BCUT2D eigenvalue weighted by atomic mass is 16.5. The summed E-state index contributed by atoms with van der Waals surface area (Å²) in [6.07, 6.45) is 0.0870. The van der Waals surface area contributed by atoms with Crippen LogP contribution in [0.25, 0.3) is 0 Å². The average Bonchev–Trinajstić information content (AvgIpc) is 2.33. The van der Waals surface area contributed by atoms with Crippen LogP contribution in [0.1, 0.15) is 24.2 Å². The Bertz CT molecular complexity index is 431. The largest absolute Gasteiger partial charge is 0.486 e. The van der Waals surface area contributed by atoms with Gasteiger partial charge in [0.2, 0.25) is 0 Å². The van der Waals surface area contributed by atoms with Gasteiger partial charge in [0.15, 0.2) is 0 Å².